The monoisotopic (exact) mass is 426 g/mol. The van der Waals surface area contributed by atoms with Crippen LogP contribution in [0.3, 0.4) is 0 Å². The Labute approximate surface area is 183 Å². The van der Waals surface area contributed by atoms with Crippen LogP contribution in [0, 0.1) is 5.41 Å². The highest BCUT2D eigenvalue weighted by molar-refractivity contribution is 6.07. The van der Waals surface area contributed by atoms with Crippen molar-refractivity contribution in [3.05, 3.63) is 59.7 Å². The minimum absolute atomic E-state index is 0.167. The largest absolute Gasteiger partial charge is 0.493 e. The number of carbonyl (C=O) groups excluding carboxylic acids is 2. The van der Waals surface area contributed by atoms with Gasteiger partial charge in [-0.2, -0.15) is 0 Å². The Bertz CT molecular complexity index is 882. The summed E-state index contributed by atoms with van der Waals surface area (Å²) in [5, 5.41) is 0. The van der Waals surface area contributed by atoms with Crippen LogP contribution in [-0.4, -0.2) is 31.8 Å². The number of ketones is 1. The van der Waals surface area contributed by atoms with Crippen LogP contribution in [0.1, 0.15) is 50.5 Å². The maximum Gasteiger partial charge on any atom is 0.314 e. The smallest absolute Gasteiger partial charge is 0.314 e. The predicted octanol–water partition coefficient (Wildman–Crippen LogP) is 5.31. The first-order valence-corrected chi connectivity index (χ1v) is 10.3. The molecule has 0 spiro atoms. The second kappa shape index (κ2) is 11.2. The highest BCUT2D eigenvalue weighted by Gasteiger charge is 2.23. The quantitative estimate of drug-likeness (QED) is 0.222. The van der Waals surface area contributed by atoms with E-state index in [0.29, 0.717) is 36.0 Å². The van der Waals surface area contributed by atoms with Gasteiger partial charge in [0.05, 0.1) is 24.2 Å². The van der Waals surface area contributed by atoms with E-state index < -0.39 is 5.41 Å². The average molecular weight is 427 g/mol. The van der Waals surface area contributed by atoms with Crippen molar-refractivity contribution in [1.82, 2.24) is 0 Å². The van der Waals surface area contributed by atoms with Crippen molar-refractivity contribution in [2.24, 2.45) is 5.41 Å². The van der Waals surface area contributed by atoms with Gasteiger partial charge in [-0.1, -0.05) is 6.07 Å². The number of hydrogen-bond acceptors (Lipinski definition) is 6. The molecule has 0 aliphatic heterocycles. The van der Waals surface area contributed by atoms with Crippen molar-refractivity contribution < 1.29 is 28.5 Å². The zero-order chi connectivity index (χ0) is 22.9. The van der Waals surface area contributed by atoms with Gasteiger partial charge in [0.25, 0.3) is 0 Å². The molecule has 0 heterocycles. The number of rotatable bonds is 10. The Kier molecular flexibility index (Phi) is 8.67. The minimum atomic E-state index is -0.588. The van der Waals surface area contributed by atoms with Crippen LogP contribution in [0.5, 0.6) is 17.2 Å². The van der Waals surface area contributed by atoms with Gasteiger partial charge in [-0.05, 0) is 83.2 Å². The second-order valence-corrected chi connectivity index (χ2v) is 7.70. The molecule has 0 unspecified atom stereocenters. The lowest BCUT2D eigenvalue weighted by atomic mass is 9.98. The van der Waals surface area contributed by atoms with E-state index in [1.54, 1.807) is 51.1 Å². The topological polar surface area (TPSA) is 71.1 Å². The highest BCUT2D eigenvalue weighted by Crippen LogP contribution is 2.30. The molecule has 0 N–H and O–H groups in total. The van der Waals surface area contributed by atoms with E-state index in [0.717, 1.165) is 5.56 Å². The Morgan fingerprint density at radius 3 is 1.97 bits per heavy atom. The summed E-state index contributed by atoms with van der Waals surface area (Å²) in [4.78, 5) is 24.3. The van der Waals surface area contributed by atoms with E-state index in [1.807, 2.05) is 32.0 Å². The molecule has 2 aromatic carbocycles. The molecule has 31 heavy (non-hydrogen) atoms. The summed E-state index contributed by atoms with van der Waals surface area (Å²) in [6.45, 7) is 9.96. The molecular formula is C25H30O6. The van der Waals surface area contributed by atoms with E-state index in [1.165, 1.54) is 6.08 Å². The van der Waals surface area contributed by atoms with Crippen LogP contribution in [0.2, 0.25) is 0 Å². The number of hydrogen-bond donors (Lipinski definition) is 0. The molecule has 0 radical (unpaired) electrons. The molecule has 6 heteroatoms. The number of allylic oxidation sites excluding steroid dienone is 1. The SMILES string of the molecule is CCOc1cccc(OCC)c1/C=C/C(=O)c1ccc(OCOC(=O)C(C)(C)C)cc1. The summed E-state index contributed by atoms with van der Waals surface area (Å²) in [7, 11) is 0. The van der Waals surface area contributed by atoms with Crippen LogP contribution in [0.25, 0.3) is 6.08 Å². The van der Waals surface area contributed by atoms with Crippen molar-refractivity contribution in [1.29, 1.82) is 0 Å². The fourth-order valence-electron chi connectivity index (χ4n) is 2.59. The van der Waals surface area contributed by atoms with Gasteiger partial charge < -0.3 is 18.9 Å². The van der Waals surface area contributed by atoms with Crippen molar-refractivity contribution in [3.8, 4) is 17.2 Å². The number of ether oxygens (including phenoxy) is 4. The van der Waals surface area contributed by atoms with E-state index in [-0.39, 0.29) is 18.5 Å². The zero-order valence-corrected chi connectivity index (χ0v) is 18.8. The van der Waals surface area contributed by atoms with Gasteiger partial charge in [0, 0.05) is 5.56 Å². The van der Waals surface area contributed by atoms with Crippen LogP contribution in [0.15, 0.2) is 48.5 Å². The van der Waals surface area contributed by atoms with Gasteiger partial charge in [0.15, 0.2) is 5.78 Å². The van der Waals surface area contributed by atoms with Crippen LogP contribution in [0.4, 0.5) is 0 Å². The normalized spacial score (nSPS) is 11.3. The van der Waals surface area contributed by atoms with Crippen molar-refractivity contribution in [2.45, 2.75) is 34.6 Å². The first kappa shape index (κ1) is 24.0. The number of carbonyl (C=O) groups is 2. The third-order valence-electron chi connectivity index (χ3n) is 4.19. The van der Waals surface area contributed by atoms with E-state index >= 15 is 0 Å². The Morgan fingerprint density at radius 1 is 0.871 bits per heavy atom. The summed E-state index contributed by atoms with van der Waals surface area (Å²) >= 11 is 0. The third kappa shape index (κ3) is 7.17. The van der Waals surface area contributed by atoms with Crippen molar-refractivity contribution in [2.75, 3.05) is 20.0 Å². The average Bonchev–Trinajstić information content (AvgIpc) is 2.73. The molecule has 0 atom stereocenters. The van der Waals surface area contributed by atoms with Crippen LogP contribution >= 0.6 is 0 Å². The van der Waals surface area contributed by atoms with Gasteiger partial charge in [0.1, 0.15) is 17.2 Å². The van der Waals surface area contributed by atoms with Gasteiger partial charge in [0.2, 0.25) is 6.79 Å². The van der Waals surface area contributed by atoms with E-state index in [4.69, 9.17) is 18.9 Å². The molecule has 0 bridgehead atoms. The summed E-state index contributed by atoms with van der Waals surface area (Å²) < 4.78 is 21.8. The molecule has 0 amide bonds. The molecule has 2 aromatic rings. The molecule has 2 rings (SSSR count). The summed E-state index contributed by atoms with van der Waals surface area (Å²) in [6, 6.07) is 12.2. The van der Waals surface area contributed by atoms with Crippen molar-refractivity contribution in [3.63, 3.8) is 0 Å². The number of benzene rings is 2. The van der Waals surface area contributed by atoms with Crippen LogP contribution < -0.4 is 14.2 Å². The second-order valence-electron chi connectivity index (χ2n) is 7.70. The zero-order valence-electron chi connectivity index (χ0n) is 18.8. The predicted molar refractivity (Wildman–Crippen MR) is 120 cm³/mol. The lowest BCUT2D eigenvalue weighted by Gasteiger charge is -2.16. The van der Waals surface area contributed by atoms with E-state index in [9.17, 15) is 9.59 Å². The Morgan fingerprint density at radius 2 is 1.45 bits per heavy atom. The molecule has 166 valence electrons. The fraction of sp³-hybridized carbons (Fsp3) is 0.360. The standard InChI is InChI=1S/C25H30O6/c1-6-28-22-9-8-10-23(29-7-2)20(22)15-16-21(26)18-11-13-19(14-12-18)30-17-31-24(27)25(3,4)5/h8-16H,6-7,17H2,1-5H3/b16-15+. The molecule has 0 saturated carbocycles. The Balaban J connectivity index is 2.05. The summed E-state index contributed by atoms with van der Waals surface area (Å²) in [5.41, 5.74) is 0.636. The van der Waals surface area contributed by atoms with E-state index in [2.05, 4.69) is 0 Å². The molecular weight excluding hydrogens is 396 g/mol. The molecule has 0 saturated heterocycles. The van der Waals surface area contributed by atoms with Gasteiger partial charge >= 0.3 is 5.97 Å². The number of esters is 1. The molecule has 0 aromatic heterocycles. The summed E-state index contributed by atoms with van der Waals surface area (Å²) in [5.74, 6) is 1.31. The fourth-order valence-corrected chi connectivity index (χ4v) is 2.59. The minimum Gasteiger partial charge on any atom is -0.493 e. The molecule has 6 nitrogen and oxygen atoms in total. The third-order valence-corrected chi connectivity index (χ3v) is 4.19. The maximum atomic E-state index is 12.6. The van der Waals surface area contributed by atoms with Gasteiger partial charge in [-0.3, -0.25) is 9.59 Å². The first-order chi connectivity index (χ1) is 14.8. The highest BCUT2D eigenvalue weighted by atomic mass is 16.7. The van der Waals surface area contributed by atoms with Gasteiger partial charge in [-0.15, -0.1) is 0 Å². The first-order valence-electron chi connectivity index (χ1n) is 10.3. The molecule has 0 fully saturated rings. The van der Waals surface area contributed by atoms with Crippen LogP contribution in [-0.2, 0) is 9.53 Å². The van der Waals surface area contributed by atoms with Crippen molar-refractivity contribution >= 4 is 17.8 Å². The lowest BCUT2D eigenvalue weighted by molar-refractivity contribution is -0.159. The van der Waals surface area contributed by atoms with Gasteiger partial charge in [-0.25, -0.2) is 0 Å². The molecule has 0 aliphatic carbocycles. The summed E-state index contributed by atoms with van der Waals surface area (Å²) in [6.07, 6.45) is 3.19. The lowest BCUT2D eigenvalue weighted by Crippen LogP contribution is -2.24. The maximum absolute atomic E-state index is 12.6. The Hall–Kier alpha value is -3.28. The molecule has 0 aliphatic rings.